The molecule has 0 heterocycles. The highest BCUT2D eigenvalue weighted by Crippen LogP contribution is 2.34. The lowest BCUT2D eigenvalue weighted by atomic mass is 10.3. The molecule has 12 heavy (non-hydrogen) atoms. The maximum absolute atomic E-state index is 11.2. The fourth-order valence-corrected chi connectivity index (χ4v) is 2.32. The van der Waals surface area contributed by atoms with Gasteiger partial charge >= 0.3 is 0 Å². The summed E-state index contributed by atoms with van der Waals surface area (Å²) in [5, 5.41) is 0. The van der Waals surface area contributed by atoms with E-state index in [9.17, 15) is 8.42 Å². The molecule has 0 unspecified atom stereocenters. The monoisotopic (exact) mass is 193 g/mol. The van der Waals surface area contributed by atoms with E-state index < -0.39 is 10.2 Å². The first-order valence-corrected chi connectivity index (χ1v) is 5.50. The normalized spacial score (nSPS) is 20.8. The standard InChI is InChI=1S/C6H15N3O2S/c1-2-8-12(10,11)9-6(5-7)3-4-6/h8-9H,2-5,7H2,1H3. The summed E-state index contributed by atoms with van der Waals surface area (Å²) in [5.41, 5.74) is 5.07. The number of nitrogens with one attached hydrogen (secondary N) is 2. The van der Waals surface area contributed by atoms with Gasteiger partial charge in [0, 0.05) is 18.6 Å². The zero-order valence-electron chi connectivity index (χ0n) is 7.13. The average molecular weight is 193 g/mol. The molecule has 0 amide bonds. The van der Waals surface area contributed by atoms with Gasteiger partial charge in [-0.1, -0.05) is 6.92 Å². The third-order valence-electron chi connectivity index (χ3n) is 1.93. The summed E-state index contributed by atoms with van der Waals surface area (Å²) in [5.74, 6) is 0. The lowest BCUT2D eigenvalue weighted by Gasteiger charge is -2.14. The van der Waals surface area contributed by atoms with Crippen LogP contribution in [0.4, 0.5) is 0 Å². The molecule has 5 nitrogen and oxygen atoms in total. The first-order chi connectivity index (χ1) is 5.54. The van der Waals surface area contributed by atoms with Crippen LogP contribution in [0.25, 0.3) is 0 Å². The number of nitrogens with two attached hydrogens (primary N) is 1. The van der Waals surface area contributed by atoms with Gasteiger partial charge in [-0.05, 0) is 12.8 Å². The quantitative estimate of drug-likeness (QED) is 0.519. The zero-order chi connectivity index (χ0) is 9.24. The maximum Gasteiger partial charge on any atom is 0.277 e. The van der Waals surface area contributed by atoms with Crippen molar-refractivity contribution in [3.8, 4) is 0 Å². The Labute approximate surface area is 72.9 Å². The second kappa shape index (κ2) is 3.29. The van der Waals surface area contributed by atoms with Gasteiger partial charge in [0.25, 0.3) is 10.2 Å². The summed E-state index contributed by atoms with van der Waals surface area (Å²) in [6.07, 6.45) is 1.68. The summed E-state index contributed by atoms with van der Waals surface area (Å²) < 4.78 is 27.2. The van der Waals surface area contributed by atoms with Crippen LogP contribution in [0.1, 0.15) is 19.8 Å². The van der Waals surface area contributed by atoms with Crippen LogP contribution in [0, 0.1) is 0 Å². The molecule has 0 bridgehead atoms. The van der Waals surface area contributed by atoms with E-state index in [1.54, 1.807) is 6.92 Å². The molecule has 1 aliphatic rings. The molecule has 0 aromatic heterocycles. The fourth-order valence-electron chi connectivity index (χ4n) is 1.01. The summed E-state index contributed by atoms with van der Waals surface area (Å²) >= 11 is 0. The SMILES string of the molecule is CCNS(=O)(=O)NC1(CN)CC1. The van der Waals surface area contributed by atoms with E-state index in [1.165, 1.54) is 0 Å². The lowest BCUT2D eigenvalue weighted by molar-refractivity contribution is 0.534. The smallest absolute Gasteiger partial charge is 0.277 e. The summed E-state index contributed by atoms with van der Waals surface area (Å²) in [6.45, 7) is 2.51. The average Bonchev–Trinajstić information content (AvgIpc) is 2.68. The van der Waals surface area contributed by atoms with Crippen LogP contribution in [0.5, 0.6) is 0 Å². The predicted octanol–water partition coefficient (Wildman–Crippen LogP) is -1.08. The van der Waals surface area contributed by atoms with Crippen molar-refractivity contribution in [1.29, 1.82) is 0 Å². The Morgan fingerprint density at radius 3 is 2.42 bits per heavy atom. The third kappa shape index (κ3) is 2.41. The number of rotatable bonds is 5. The van der Waals surface area contributed by atoms with Crippen molar-refractivity contribution in [2.45, 2.75) is 25.3 Å². The second-order valence-electron chi connectivity index (χ2n) is 3.09. The van der Waals surface area contributed by atoms with E-state index in [0.29, 0.717) is 13.1 Å². The molecule has 0 radical (unpaired) electrons. The van der Waals surface area contributed by atoms with E-state index in [2.05, 4.69) is 9.44 Å². The van der Waals surface area contributed by atoms with Crippen LogP contribution >= 0.6 is 0 Å². The number of hydrogen-bond donors (Lipinski definition) is 3. The largest absolute Gasteiger partial charge is 0.329 e. The molecule has 6 heteroatoms. The van der Waals surface area contributed by atoms with Crippen LogP contribution in [0.3, 0.4) is 0 Å². The van der Waals surface area contributed by atoms with Gasteiger partial charge in [-0.15, -0.1) is 0 Å². The molecular weight excluding hydrogens is 178 g/mol. The molecule has 0 aromatic carbocycles. The van der Waals surface area contributed by atoms with Crippen LogP contribution < -0.4 is 15.2 Å². The van der Waals surface area contributed by atoms with Crippen LogP contribution in [0.2, 0.25) is 0 Å². The van der Waals surface area contributed by atoms with Crippen LogP contribution in [0.15, 0.2) is 0 Å². The Kier molecular flexibility index (Phi) is 2.72. The molecule has 1 fully saturated rings. The molecule has 1 rings (SSSR count). The molecule has 1 saturated carbocycles. The molecule has 0 aliphatic heterocycles. The highest BCUT2D eigenvalue weighted by Gasteiger charge is 2.44. The Hall–Kier alpha value is -0.170. The Balaban J connectivity index is 2.50. The van der Waals surface area contributed by atoms with Crippen LogP contribution in [-0.4, -0.2) is 27.0 Å². The molecule has 0 spiro atoms. The van der Waals surface area contributed by atoms with E-state index in [-0.39, 0.29) is 5.54 Å². The Morgan fingerprint density at radius 2 is 2.08 bits per heavy atom. The van der Waals surface area contributed by atoms with E-state index >= 15 is 0 Å². The van der Waals surface area contributed by atoms with Gasteiger partial charge in [0.05, 0.1) is 0 Å². The molecule has 0 saturated heterocycles. The second-order valence-corrected chi connectivity index (χ2v) is 4.59. The Morgan fingerprint density at radius 1 is 1.50 bits per heavy atom. The van der Waals surface area contributed by atoms with Gasteiger partial charge < -0.3 is 5.73 Å². The van der Waals surface area contributed by atoms with Crippen molar-refractivity contribution >= 4 is 10.2 Å². The van der Waals surface area contributed by atoms with Gasteiger partial charge in [-0.2, -0.15) is 13.1 Å². The summed E-state index contributed by atoms with van der Waals surface area (Å²) in [6, 6.07) is 0. The van der Waals surface area contributed by atoms with Crippen molar-refractivity contribution < 1.29 is 8.42 Å². The Bertz CT molecular complexity index is 246. The minimum Gasteiger partial charge on any atom is -0.329 e. The molecule has 1 aliphatic carbocycles. The first-order valence-electron chi connectivity index (χ1n) is 4.02. The van der Waals surface area contributed by atoms with E-state index in [0.717, 1.165) is 12.8 Å². The third-order valence-corrected chi connectivity index (χ3v) is 3.30. The minimum absolute atomic E-state index is 0.346. The van der Waals surface area contributed by atoms with Gasteiger partial charge in [0.2, 0.25) is 0 Å². The van der Waals surface area contributed by atoms with E-state index in [4.69, 9.17) is 5.73 Å². The molecule has 4 N–H and O–H groups in total. The van der Waals surface area contributed by atoms with Crippen LogP contribution in [-0.2, 0) is 10.2 Å². The topological polar surface area (TPSA) is 84.2 Å². The van der Waals surface area contributed by atoms with Crippen molar-refractivity contribution in [2.75, 3.05) is 13.1 Å². The fraction of sp³-hybridized carbons (Fsp3) is 1.00. The molecular formula is C6H15N3O2S. The highest BCUT2D eigenvalue weighted by molar-refractivity contribution is 7.87. The minimum atomic E-state index is -3.32. The predicted molar refractivity (Wildman–Crippen MR) is 46.8 cm³/mol. The van der Waals surface area contributed by atoms with Gasteiger partial charge in [-0.3, -0.25) is 0 Å². The van der Waals surface area contributed by atoms with Crippen molar-refractivity contribution in [3.05, 3.63) is 0 Å². The zero-order valence-corrected chi connectivity index (χ0v) is 7.95. The highest BCUT2D eigenvalue weighted by atomic mass is 32.2. The number of hydrogen-bond acceptors (Lipinski definition) is 3. The summed E-state index contributed by atoms with van der Waals surface area (Å²) in [4.78, 5) is 0. The summed E-state index contributed by atoms with van der Waals surface area (Å²) in [7, 11) is -3.32. The maximum atomic E-state index is 11.2. The first kappa shape index (κ1) is 9.91. The molecule has 0 atom stereocenters. The lowest BCUT2D eigenvalue weighted by Crippen LogP contribution is -2.47. The molecule has 0 aromatic rings. The van der Waals surface area contributed by atoms with Gasteiger partial charge in [0.15, 0.2) is 0 Å². The van der Waals surface area contributed by atoms with E-state index in [1.807, 2.05) is 0 Å². The van der Waals surface area contributed by atoms with Crippen molar-refractivity contribution in [1.82, 2.24) is 9.44 Å². The van der Waals surface area contributed by atoms with Gasteiger partial charge in [0.1, 0.15) is 0 Å². The van der Waals surface area contributed by atoms with Crippen molar-refractivity contribution in [3.63, 3.8) is 0 Å². The molecule has 72 valence electrons. The van der Waals surface area contributed by atoms with Gasteiger partial charge in [-0.25, -0.2) is 4.72 Å². The van der Waals surface area contributed by atoms with Crippen molar-refractivity contribution in [2.24, 2.45) is 5.73 Å².